The van der Waals surface area contributed by atoms with Gasteiger partial charge in [-0.1, -0.05) is 12.1 Å². The molecule has 150 valence electrons. The Bertz CT molecular complexity index is 948. The van der Waals surface area contributed by atoms with Gasteiger partial charge in [-0.15, -0.1) is 11.3 Å². The average molecular weight is 412 g/mol. The second-order valence-corrected chi connectivity index (χ2v) is 7.63. The van der Waals surface area contributed by atoms with Gasteiger partial charge in [-0.25, -0.2) is 0 Å². The number of nitriles is 1. The summed E-state index contributed by atoms with van der Waals surface area (Å²) in [6.45, 7) is 2.44. The third kappa shape index (κ3) is 4.18. The molecular weight excluding hydrogens is 392 g/mol. The molecule has 0 spiro atoms. The molecule has 8 nitrogen and oxygen atoms in total. The van der Waals surface area contributed by atoms with E-state index in [1.165, 1.54) is 11.3 Å². The molecule has 1 saturated heterocycles. The Labute approximate surface area is 172 Å². The number of carbonyl (C=O) groups is 2. The van der Waals surface area contributed by atoms with Gasteiger partial charge in [0.25, 0.3) is 5.91 Å². The molecule has 0 radical (unpaired) electrons. The first kappa shape index (κ1) is 19.2. The number of thiophene rings is 1. The van der Waals surface area contributed by atoms with Gasteiger partial charge < -0.3 is 24.6 Å². The highest BCUT2D eigenvalue weighted by atomic mass is 32.1. The van der Waals surface area contributed by atoms with Crippen LogP contribution in [0.2, 0.25) is 0 Å². The highest BCUT2D eigenvalue weighted by Crippen LogP contribution is 2.33. The summed E-state index contributed by atoms with van der Waals surface area (Å²) in [7, 11) is 0. The van der Waals surface area contributed by atoms with E-state index in [0.717, 1.165) is 5.69 Å². The number of carbonyl (C=O) groups excluding carboxylic acids is 2. The maximum atomic E-state index is 12.9. The van der Waals surface area contributed by atoms with Crippen LogP contribution in [0.4, 0.5) is 10.7 Å². The summed E-state index contributed by atoms with van der Waals surface area (Å²) in [5, 5.41) is 14.2. The summed E-state index contributed by atoms with van der Waals surface area (Å²) in [5.74, 6) is 0.225. The van der Waals surface area contributed by atoms with Gasteiger partial charge in [0.2, 0.25) is 5.91 Å². The number of benzene rings is 1. The van der Waals surface area contributed by atoms with Crippen LogP contribution in [0.1, 0.15) is 5.56 Å². The van der Waals surface area contributed by atoms with Gasteiger partial charge in [0.15, 0.2) is 6.10 Å². The number of amides is 2. The van der Waals surface area contributed by atoms with Crippen molar-refractivity contribution in [2.24, 2.45) is 0 Å². The molecule has 0 unspecified atom stereocenters. The lowest BCUT2D eigenvalue weighted by Crippen LogP contribution is -2.53. The van der Waals surface area contributed by atoms with Crippen molar-refractivity contribution in [3.63, 3.8) is 0 Å². The van der Waals surface area contributed by atoms with Crippen LogP contribution >= 0.6 is 11.3 Å². The fraction of sp³-hybridized carbons (Fsp3) is 0.350. The number of hydrogen-bond donors (Lipinski definition) is 1. The Morgan fingerprint density at radius 2 is 2.03 bits per heavy atom. The van der Waals surface area contributed by atoms with Crippen LogP contribution < -0.4 is 15.0 Å². The number of morpholine rings is 1. The van der Waals surface area contributed by atoms with E-state index in [2.05, 4.69) is 11.4 Å². The van der Waals surface area contributed by atoms with Gasteiger partial charge in [-0.2, -0.15) is 5.26 Å². The van der Waals surface area contributed by atoms with Crippen LogP contribution in [0.5, 0.6) is 5.75 Å². The van der Waals surface area contributed by atoms with E-state index >= 15 is 0 Å². The molecule has 2 aliphatic rings. The van der Waals surface area contributed by atoms with Crippen molar-refractivity contribution in [2.45, 2.75) is 6.10 Å². The van der Waals surface area contributed by atoms with Crippen molar-refractivity contribution in [1.82, 2.24) is 4.90 Å². The minimum Gasteiger partial charge on any atom is -0.477 e. The minimum atomic E-state index is -0.688. The molecule has 1 fully saturated rings. The number of fused-ring (bicyclic) bond motifs is 1. The lowest BCUT2D eigenvalue weighted by atomic mass is 10.1. The molecule has 29 heavy (non-hydrogen) atoms. The Hall–Kier alpha value is -3.09. The molecule has 2 aliphatic heterocycles. The smallest absolute Gasteiger partial charge is 0.265 e. The largest absolute Gasteiger partial charge is 0.477 e. The van der Waals surface area contributed by atoms with Crippen molar-refractivity contribution in [3.05, 3.63) is 41.3 Å². The Balaban J connectivity index is 1.49. The molecule has 0 saturated carbocycles. The molecule has 0 bridgehead atoms. The Kier molecular flexibility index (Phi) is 5.64. The van der Waals surface area contributed by atoms with Gasteiger partial charge in [0.1, 0.15) is 16.8 Å². The van der Waals surface area contributed by atoms with E-state index in [4.69, 9.17) is 14.7 Å². The molecule has 1 atom stereocenters. The topological polar surface area (TPSA) is 94.9 Å². The highest BCUT2D eigenvalue weighted by molar-refractivity contribution is 7.14. The maximum Gasteiger partial charge on any atom is 0.265 e. The van der Waals surface area contributed by atoms with E-state index in [-0.39, 0.29) is 24.9 Å². The number of rotatable bonds is 4. The number of nitrogens with one attached hydrogen (secondary N) is 1. The van der Waals surface area contributed by atoms with E-state index in [0.29, 0.717) is 42.6 Å². The van der Waals surface area contributed by atoms with E-state index in [9.17, 15) is 9.59 Å². The van der Waals surface area contributed by atoms with Crippen LogP contribution in [-0.4, -0.2) is 62.2 Å². The number of hydrogen-bond acceptors (Lipinski definition) is 7. The van der Waals surface area contributed by atoms with E-state index in [1.54, 1.807) is 22.4 Å². The second-order valence-electron chi connectivity index (χ2n) is 6.72. The average Bonchev–Trinajstić information content (AvgIpc) is 3.20. The van der Waals surface area contributed by atoms with Crippen molar-refractivity contribution in [1.29, 1.82) is 5.26 Å². The molecule has 9 heteroatoms. The van der Waals surface area contributed by atoms with E-state index in [1.807, 2.05) is 23.1 Å². The standard InChI is InChI=1S/C20H20N4O4S/c21-11-14-5-10-29-19(14)22-18(25)13-24-12-17(20(26)23-6-8-27-9-7-23)28-16-4-2-1-3-15(16)24/h1-5,10,17H,6-9,12-13H2,(H,22,25)/t17-/m0/s1. The second kappa shape index (κ2) is 8.51. The normalized spacial score (nSPS) is 18.4. The molecule has 1 N–H and O–H groups in total. The molecule has 1 aromatic heterocycles. The van der Waals surface area contributed by atoms with Crippen LogP contribution in [0.25, 0.3) is 0 Å². The summed E-state index contributed by atoms with van der Waals surface area (Å²) in [6, 6.07) is 11.1. The lowest BCUT2D eigenvalue weighted by Gasteiger charge is -2.38. The molecule has 3 heterocycles. The summed E-state index contributed by atoms with van der Waals surface area (Å²) in [5.41, 5.74) is 1.20. The van der Waals surface area contributed by atoms with Gasteiger partial charge in [0, 0.05) is 13.1 Å². The van der Waals surface area contributed by atoms with E-state index < -0.39 is 6.10 Å². The Morgan fingerprint density at radius 3 is 2.83 bits per heavy atom. The van der Waals surface area contributed by atoms with Gasteiger partial charge in [-0.05, 0) is 23.6 Å². The molecule has 2 aromatic rings. The zero-order valence-corrected chi connectivity index (χ0v) is 16.5. The summed E-state index contributed by atoms with van der Waals surface area (Å²) >= 11 is 1.30. The predicted octanol–water partition coefficient (Wildman–Crippen LogP) is 1.68. The first-order valence-electron chi connectivity index (χ1n) is 9.30. The van der Waals surface area contributed by atoms with Crippen LogP contribution in [-0.2, 0) is 14.3 Å². The monoisotopic (exact) mass is 412 g/mol. The van der Waals surface area contributed by atoms with Gasteiger partial charge >= 0.3 is 0 Å². The van der Waals surface area contributed by atoms with Crippen molar-refractivity contribution in [2.75, 3.05) is 49.6 Å². The van der Waals surface area contributed by atoms with Crippen molar-refractivity contribution >= 4 is 33.8 Å². The number of nitrogens with zero attached hydrogens (tertiary/aromatic N) is 3. The fourth-order valence-electron chi connectivity index (χ4n) is 3.41. The SMILES string of the molecule is N#Cc1ccsc1NC(=O)CN1C[C@@H](C(=O)N2CCOCC2)Oc2ccccc21. The zero-order valence-electron chi connectivity index (χ0n) is 15.7. The number of para-hydroxylation sites is 2. The molecule has 0 aliphatic carbocycles. The van der Waals surface area contributed by atoms with Crippen LogP contribution in [0.3, 0.4) is 0 Å². The first-order valence-corrected chi connectivity index (χ1v) is 10.2. The summed E-state index contributed by atoms with van der Waals surface area (Å²) < 4.78 is 11.3. The third-order valence-electron chi connectivity index (χ3n) is 4.83. The molecular formula is C20H20N4O4S. The number of ether oxygens (including phenoxy) is 2. The van der Waals surface area contributed by atoms with Crippen LogP contribution in [0.15, 0.2) is 35.7 Å². The van der Waals surface area contributed by atoms with Gasteiger partial charge in [-0.3, -0.25) is 9.59 Å². The maximum absolute atomic E-state index is 12.9. The third-order valence-corrected chi connectivity index (χ3v) is 5.66. The minimum absolute atomic E-state index is 0.0516. The zero-order chi connectivity index (χ0) is 20.2. The van der Waals surface area contributed by atoms with Crippen LogP contribution in [0, 0.1) is 11.3 Å². The summed E-state index contributed by atoms with van der Waals surface area (Å²) in [6.07, 6.45) is -0.688. The molecule has 1 aromatic carbocycles. The Morgan fingerprint density at radius 1 is 1.24 bits per heavy atom. The fourth-order valence-corrected chi connectivity index (χ4v) is 4.16. The first-order chi connectivity index (χ1) is 14.2. The van der Waals surface area contributed by atoms with Gasteiger partial charge in [0.05, 0.1) is 37.6 Å². The predicted molar refractivity (Wildman–Crippen MR) is 108 cm³/mol. The molecule has 4 rings (SSSR count). The van der Waals surface area contributed by atoms with Crippen molar-refractivity contribution in [3.8, 4) is 11.8 Å². The molecule has 2 amide bonds. The highest BCUT2D eigenvalue weighted by Gasteiger charge is 2.34. The summed E-state index contributed by atoms with van der Waals surface area (Å²) in [4.78, 5) is 29.1. The number of anilines is 2. The quantitative estimate of drug-likeness (QED) is 0.821. The van der Waals surface area contributed by atoms with Crippen molar-refractivity contribution < 1.29 is 19.1 Å². The lowest BCUT2D eigenvalue weighted by molar-refractivity contribution is -0.142.